The SMILES string of the molecule is CCc1cc(N2CCN(C(C)C)CC2)ccc1Nc1ncc(C(F)(F)F)c(-c2cc(SCCN(C=O)C3CC3)c(C)s2)n1. The lowest BCUT2D eigenvalue weighted by Gasteiger charge is -2.38. The zero-order valence-electron chi connectivity index (χ0n) is 25.1. The average Bonchev–Trinajstić information content (AvgIpc) is 3.76. The summed E-state index contributed by atoms with van der Waals surface area (Å²) in [6.45, 7) is 13.0. The molecule has 12 heteroatoms. The predicted molar refractivity (Wildman–Crippen MR) is 170 cm³/mol. The maximum atomic E-state index is 14.1. The van der Waals surface area contributed by atoms with E-state index in [1.165, 1.54) is 11.3 Å². The topological polar surface area (TPSA) is 64.6 Å². The third kappa shape index (κ3) is 7.64. The van der Waals surface area contributed by atoms with Gasteiger partial charge >= 0.3 is 6.18 Å². The molecular formula is C31H39F3N6OS2. The maximum Gasteiger partial charge on any atom is 0.420 e. The number of benzene rings is 1. The molecule has 232 valence electrons. The number of nitrogens with zero attached hydrogens (tertiary/aromatic N) is 5. The summed E-state index contributed by atoms with van der Waals surface area (Å²) < 4.78 is 42.2. The Kier molecular flexibility index (Phi) is 9.87. The van der Waals surface area contributed by atoms with Crippen molar-refractivity contribution in [3.63, 3.8) is 0 Å². The first-order valence-electron chi connectivity index (χ1n) is 14.8. The van der Waals surface area contributed by atoms with Gasteiger partial charge in [0, 0.05) is 77.9 Å². The van der Waals surface area contributed by atoms with Crippen LogP contribution in [0, 0.1) is 6.92 Å². The summed E-state index contributed by atoms with van der Waals surface area (Å²) in [5.74, 6) is 0.806. The fourth-order valence-corrected chi connectivity index (χ4v) is 7.58. The number of carbonyl (C=O) groups is 1. The molecule has 2 aliphatic rings. The molecule has 1 saturated carbocycles. The number of thiophene rings is 1. The smallest absolute Gasteiger partial charge is 0.369 e. The average molecular weight is 633 g/mol. The minimum absolute atomic E-state index is 0.127. The number of rotatable bonds is 12. The number of hydrogen-bond acceptors (Lipinski definition) is 8. The second kappa shape index (κ2) is 13.4. The lowest BCUT2D eigenvalue weighted by Crippen LogP contribution is -2.48. The van der Waals surface area contributed by atoms with Crippen molar-refractivity contribution < 1.29 is 18.0 Å². The third-order valence-electron chi connectivity index (χ3n) is 8.08. The highest BCUT2D eigenvalue weighted by Gasteiger charge is 2.36. The van der Waals surface area contributed by atoms with E-state index >= 15 is 0 Å². The molecule has 43 heavy (non-hydrogen) atoms. The summed E-state index contributed by atoms with van der Waals surface area (Å²) in [4.78, 5) is 28.7. The van der Waals surface area contributed by atoms with Gasteiger partial charge < -0.3 is 15.1 Å². The molecule has 0 atom stereocenters. The van der Waals surface area contributed by atoms with E-state index in [2.05, 4.69) is 58.0 Å². The Balaban J connectivity index is 1.35. The van der Waals surface area contributed by atoms with Gasteiger partial charge in [-0.2, -0.15) is 13.2 Å². The minimum Gasteiger partial charge on any atom is -0.369 e. The van der Waals surface area contributed by atoms with Gasteiger partial charge in [0.05, 0.1) is 10.6 Å². The normalized spacial score (nSPS) is 16.1. The summed E-state index contributed by atoms with van der Waals surface area (Å²) in [5, 5.41) is 3.20. The molecule has 2 fully saturated rings. The van der Waals surface area contributed by atoms with Crippen LogP contribution in [0.2, 0.25) is 0 Å². The molecule has 3 aromatic rings. The van der Waals surface area contributed by atoms with Crippen molar-refractivity contribution in [2.24, 2.45) is 0 Å². The summed E-state index contributed by atoms with van der Waals surface area (Å²) >= 11 is 2.85. The van der Waals surface area contributed by atoms with E-state index in [0.29, 0.717) is 29.3 Å². The number of hydrogen-bond donors (Lipinski definition) is 1. The highest BCUT2D eigenvalue weighted by Crippen LogP contribution is 2.42. The van der Waals surface area contributed by atoms with Crippen molar-refractivity contribution in [2.45, 2.75) is 70.1 Å². The Labute approximate surface area is 259 Å². The van der Waals surface area contributed by atoms with E-state index in [-0.39, 0.29) is 11.6 Å². The number of thioether (sulfide) groups is 1. The van der Waals surface area contributed by atoms with Gasteiger partial charge in [-0.25, -0.2) is 9.97 Å². The van der Waals surface area contributed by atoms with Crippen LogP contribution in [0.1, 0.15) is 49.6 Å². The second-order valence-corrected chi connectivity index (χ2v) is 13.7. The van der Waals surface area contributed by atoms with Crippen LogP contribution in [-0.2, 0) is 17.4 Å². The van der Waals surface area contributed by atoms with Crippen molar-refractivity contribution in [3.05, 3.63) is 46.5 Å². The molecule has 1 saturated heterocycles. The van der Waals surface area contributed by atoms with E-state index in [4.69, 9.17) is 0 Å². The molecule has 1 aliphatic carbocycles. The number of halogens is 3. The van der Waals surface area contributed by atoms with Crippen molar-refractivity contribution in [2.75, 3.05) is 48.7 Å². The number of anilines is 3. The van der Waals surface area contributed by atoms with Crippen LogP contribution in [0.4, 0.5) is 30.5 Å². The summed E-state index contributed by atoms with van der Waals surface area (Å²) in [6, 6.07) is 8.82. The molecule has 5 rings (SSSR count). The van der Waals surface area contributed by atoms with E-state index in [9.17, 15) is 18.0 Å². The molecule has 0 spiro atoms. The van der Waals surface area contributed by atoms with Gasteiger partial charge in [-0.3, -0.25) is 9.69 Å². The highest BCUT2D eigenvalue weighted by molar-refractivity contribution is 7.99. The number of carbonyl (C=O) groups excluding carboxylic acids is 1. The molecule has 0 bridgehead atoms. The van der Waals surface area contributed by atoms with E-state index in [1.54, 1.807) is 17.8 Å². The number of aromatic nitrogens is 2. The second-order valence-electron chi connectivity index (χ2n) is 11.3. The Morgan fingerprint density at radius 2 is 1.93 bits per heavy atom. The fourth-order valence-electron chi connectivity index (χ4n) is 5.36. The van der Waals surface area contributed by atoms with Crippen LogP contribution >= 0.6 is 23.1 Å². The Hall–Kier alpha value is -2.83. The van der Waals surface area contributed by atoms with Crippen LogP contribution in [0.15, 0.2) is 35.4 Å². The van der Waals surface area contributed by atoms with Crippen LogP contribution in [-0.4, -0.2) is 76.7 Å². The van der Waals surface area contributed by atoms with E-state index in [0.717, 1.165) is 84.8 Å². The standard InChI is InChI=1S/C31H39F3N6OS2/c1-5-22-16-24(39-12-10-38(11-13-39)20(2)3)8-9-26(22)36-30-35-18-25(31(32,33)34)29(37-30)28-17-27(21(4)43-28)42-15-14-40(19-41)23-6-7-23/h8-9,16-20,23H,5-7,10-15H2,1-4H3,(H,35,36,37). The van der Waals surface area contributed by atoms with Crippen LogP contribution in [0.3, 0.4) is 0 Å². The number of aryl methyl sites for hydroxylation is 2. The molecule has 2 aromatic heterocycles. The lowest BCUT2D eigenvalue weighted by atomic mass is 10.1. The van der Waals surface area contributed by atoms with Crippen LogP contribution in [0.25, 0.3) is 10.6 Å². The quantitative estimate of drug-likeness (QED) is 0.169. The van der Waals surface area contributed by atoms with E-state index in [1.807, 2.05) is 17.9 Å². The monoisotopic (exact) mass is 632 g/mol. The molecule has 1 aliphatic heterocycles. The minimum atomic E-state index is -4.59. The van der Waals surface area contributed by atoms with Gasteiger partial charge in [-0.15, -0.1) is 23.1 Å². The van der Waals surface area contributed by atoms with Gasteiger partial charge in [0.25, 0.3) is 0 Å². The molecule has 7 nitrogen and oxygen atoms in total. The van der Waals surface area contributed by atoms with Gasteiger partial charge in [0.1, 0.15) is 5.56 Å². The number of alkyl halides is 3. The maximum absolute atomic E-state index is 14.1. The zero-order chi connectivity index (χ0) is 30.7. The summed E-state index contributed by atoms with van der Waals surface area (Å²) in [6.07, 6.45) is -0.00489. The van der Waals surface area contributed by atoms with Crippen LogP contribution in [0.5, 0.6) is 0 Å². The molecule has 1 N–H and O–H groups in total. The van der Waals surface area contributed by atoms with Gasteiger partial charge in [-0.1, -0.05) is 6.92 Å². The number of piperazine rings is 1. The van der Waals surface area contributed by atoms with Gasteiger partial charge in [0.15, 0.2) is 0 Å². The Bertz CT molecular complexity index is 1420. The fraction of sp³-hybridized carbons (Fsp3) is 0.516. The van der Waals surface area contributed by atoms with Crippen molar-refractivity contribution in [3.8, 4) is 10.6 Å². The molecule has 1 amide bonds. The lowest BCUT2D eigenvalue weighted by molar-refractivity contribution is -0.137. The Morgan fingerprint density at radius 3 is 2.56 bits per heavy atom. The van der Waals surface area contributed by atoms with Crippen LogP contribution < -0.4 is 10.2 Å². The molecule has 1 aromatic carbocycles. The van der Waals surface area contributed by atoms with Crippen molar-refractivity contribution in [1.82, 2.24) is 19.8 Å². The summed E-state index contributed by atoms with van der Waals surface area (Å²) in [7, 11) is 0. The first kappa shape index (κ1) is 31.6. The van der Waals surface area contributed by atoms with Gasteiger partial charge in [-0.05, 0) is 69.9 Å². The van der Waals surface area contributed by atoms with Gasteiger partial charge in [0.2, 0.25) is 12.4 Å². The first-order valence-corrected chi connectivity index (χ1v) is 16.7. The van der Waals surface area contributed by atoms with Crippen molar-refractivity contribution >= 4 is 46.8 Å². The molecule has 0 unspecified atom stereocenters. The molecular weight excluding hydrogens is 594 g/mol. The molecule has 3 heterocycles. The van der Waals surface area contributed by atoms with Crippen molar-refractivity contribution in [1.29, 1.82) is 0 Å². The van der Waals surface area contributed by atoms with E-state index < -0.39 is 11.7 Å². The zero-order valence-corrected chi connectivity index (χ0v) is 26.7. The number of nitrogens with one attached hydrogen (secondary N) is 1. The third-order valence-corrected chi connectivity index (χ3v) is 10.4. The number of amides is 1. The highest BCUT2D eigenvalue weighted by atomic mass is 32.2. The largest absolute Gasteiger partial charge is 0.420 e. The molecule has 0 radical (unpaired) electrons. The Morgan fingerprint density at radius 1 is 1.19 bits per heavy atom. The summed E-state index contributed by atoms with van der Waals surface area (Å²) in [5.41, 5.74) is 1.99. The predicted octanol–water partition coefficient (Wildman–Crippen LogP) is 7.08. The first-order chi connectivity index (χ1) is 20.6.